The highest BCUT2D eigenvalue weighted by atomic mass is 16.6. The van der Waals surface area contributed by atoms with Crippen LogP contribution in [0, 0.1) is 0 Å². The maximum absolute atomic E-state index is 12.2. The second-order valence-corrected chi connectivity index (χ2v) is 6.59. The first kappa shape index (κ1) is 16.1. The van der Waals surface area contributed by atoms with Crippen molar-refractivity contribution in [2.45, 2.75) is 39.2 Å². The lowest BCUT2D eigenvalue weighted by atomic mass is 10.1. The van der Waals surface area contributed by atoms with Crippen LogP contribution in [0.5, 0.6) is 0 Å². The molecule has 1 aromatic carbocycles. The Morgan fingerprint density at radius 2 is 1.96 bits per heavy atom. The lowest BCUT2D eigenvalue weighted by Gasteiger charge is -2.20. The standard InChI is InChI=1S/C18H19N3O3/c1-11(17(22)23-18(2,3)4)16-20-15(21-24-16)14-13-8-6-5-7-12(13)9-10-19-14/h5-11H,1-4H3/t11-/m1/s1. The first-order valence-corrected chi connectivity index (χ1v) is 7.76. The monoisotopic (exact) mass is 325 g/mol. The van der Waals surface area contributed by atoms with Crippen molar-refractivity contribution in [2.75, 3.05) is 0 Å². The molecule has 0 saturated heterocycles. The molecule has 3 rings (SSSR count). The topological polar surface area (TPSA) is 78.1 Å². The van der Waals surface area contributed by atoms with Crippen LogP contribution < -0.4 is 0 Å². The van der Waals surface area contributed by atoms with E-state index in [1.54, 1.807) is 13.1 Å². The van der Waals surface area contributed by atoms with Gasteiger partial charge in [0.25, 0.3) is 0 Å². The minimum Gasteiger partial charge on any atom is -0.459 e. The summed E-state index contributed by atoms with van der Waals surface area (Å²) in [7, 11) is 0. The van der Waals surface area contributed by atoms with Crippen molar-refractivity contribution in [2.24, 2.45) is 0 Å². The van der Waals surface area contributed by atoms with Crippen molar-refractivity contribution in [3.63, 3.8) is 0 Å². The largest absolute Gasteiger partial charge is 0.459 e. The van der Waals surface area contributed by atoms with Crippen LogP contribution in [0.1, 0.15) is 39.5 Å². The van der Waals surface area contributed by atoms with Crippen LogP contribution in [0.4, 0.5) is 0 Å². The molecule has 0 unspecified atom stereocenters. The predicted octanol–water partition coefficient (Wildman–Crippen LogP) is 3.73. The Morgan fingerprint density at radius 1 is 1.21 bits per heavy atom. The van der Waals surface area contributed by atoms with Gasteiger partial charge in [-0.25, -0.2) is 0 Å². The number of rotatable bonds is 3. The van der Waals surface area contributed by atoms with Crippen molar-refractivity contribution < 1.29 is 14.1 Å². The number of carbonyl (C=O) groups excluding carboxylic acids is 1. The fourth-order valence-electron chi connectivity index (χ4n) is 2.30. The first-order chi connectivity index (χ1) is 11.3. The number of aromatic nitrogens is 3. The third-order valence-electron chi connectivity index (χ3n) is 3.46. The Hall–Kier alpha value is -2.76. The third kappa shape index (κ3) is 3.27. The van der Waals surface area contributed by atoms with Crippen LogP contribution in [0.15, 0.2) is 41.1 Å². The Kier molecular flexibility index (Phi) is 4.05. The van der Waals surface area contributed by atoms with Gasteiger partial charge in [0, 0.05) is 11.6 Å². The molecule has 124 valence electrons. The second-order valence-electron chi connectivity index (χ2n) is 6.59. The van der Waals surface area contributed by atoms with Crippen LogP contribution in [-0.2, 0) is 9.53 Å². The number of carbonyl (C=O) groups is 1. The third-order valence-corrected chi connectivity index (χ3v) is 3.46. The normalized spacial score (nSPS) is 13.0. The van der Waals surface area contributed by atoms with Crippen LogP contribution in [0.3, 0.4) is 0 Å². The van der Waals surface area contributed by atoms with Gasteiger partial charge in [0.05, 0.1) is 0 Å². The molecule has 6 nitrogen and oxygen atoms in total. The van der Waals surface area contributed by atoms with Gasteiger partial charge in [-0.3, -0.25) is 9.78 Å². The predicted molar refractivity (Wildman–Crippen MR) is 89.3 cm³/mol. The van der Waals surface area contributed by atoms with Gasteiger partial charge < -0.3 is 9.26 Å². The summed E-state index contributed by atoms with van der Waals surface area (Å²) in [5.41, 5.74) is 0.0604. The molecule has 1 atom stereocenters. The molecule has 2 aromatic heterocycles. The number of ether oxygens (including phenoxy) is 1. The molecule has 0 radical (unpaired) electrons. The fraction of sp³-hybridized carbons (Fsp3) is 0.333. The number of pyridine rings is 1. The number of esters is 1. The molecule has 0 N–H and O–H groups in total. The van der Waals surface area contributed by atoms with E-state index in [0.29, 0.717) is 11.5 Å². The molecule has 0 aliphatic carbocycles. The van der Waals surface area contributed by atoms with E-state index in [4.69, 9.17) is 9.26 Å². The summed E-state index contributed by atoms with van der Waals surface area (Å²) in [6.45, 7) is 7.13. The van der Waals surface area contributed by atoms with Crippen molar-refractivity contribution in [3.05, 3.63) is 42.4 Å². The van der Waals surface area contributed by atoms with Crippen LogP contribution >= 0.6 is 0 Å². The van der Waals surface area contributed by atoms with Crippen LogP contribution in [0.25, 0.3) is 22.3 Å². The van der Waals surface area contributed by atoms with Crippen LogP contribution in [0.2, 0.25) is 0 Å². The average molecular weight is 325 g/mol. The summed E-state index contributed by atoms with van der Waals surface area (Å²) in [6.07, 6.45) is 1.70. The molecular weight excluding hydrogens is 306 g/mol. The Balaban J connectivity index is 1.91. The van der Waals surface area contributed by atoms with Crippen molar-refractivity contribution in [3.8, 4) is 11.5 Å². The lowest BCUT2D eigenvalue weighted by molar-refractivity contribution is -0.156. The maximum Gasteiger partial charge on any atom is 0.318 e. The molecule has 6 heteroatoms. The van der Waals surface area contributed by atoms with E-state index < -0.39 is 17.5 Å². The van der Waals surface area contributed by atoms with Crippen molar-refractivity contribution in [1.82, 2.24) is 15.1 Å². The molecule has 3 aromatic rings. The van der Waals surface area contributed by atoms with E-state index in [9.17, 15) is 4.79 Å². The minimum atomic E-state index is -0.638. The summed E-state index contributed by atoms with van der Waals surface area (Å²) >= 11 is 0. The van der Waals surface area contributed by atoms with Crippen LogP contribution in [-0.4, -0.2) is 26.7 Å². The molecule has 0 spiro atoms. The van der Waals surface area contributed by atoms with Crippen molar-refractivity contribution >= 4 is 16.7 Å². The highest BCUT2D eigenvalue weighted by Gasteiger charge is 2.28. The van der Waals surface area contributed by atoms with Gasteiger partial charge in [0.1, 0.15) is 17.2 Å². The molecule has 0 aliphatic heterocycles. The van der Waals surface area contributed by atoms with E-state index in [2.05, 4.69) is 15.1 Å². The zero-order valence-corrected chi connectivity index (χ0v) is 14.1. The number of nitrogens with zero attached hydrogens (tertiary/aromatic N) is 3. The molecule has 0 saturated carbocycles. The smallest absolute Gasteiger partial charge is 0.318 e. The first-order valence-electron chi connectivity index (χ1n) is 7.76. The SMILES string of the molecule is C[C@@H](C(=O)OC(C)(C)C)c1nc(-c2nccc3ccccc23)no1. The summed E-state index contributed by atoms with van der Waals surface area (Å²) < 4.78 is 10.6. The van der Waals surface area contributed by atoms with E-state index in [-0.39, 0.29) is 5.89 Å². The van der Waals surface area contributed by atoms with Gasteiger partial charge in [0.2, 0.25) is 11.7 Å². The van der Waals surface area contributed by atoms with Crippen molar-refractivity contribution in [1.29, 1.82) is 0 Å². The second kappa shape index (κ2) is 6.03. The quantitative estimate of drug-likeness (QED) is 0.683. The maximum atomic E-state index is 12.2. The van der Waals surface area contributed by atoms with E-state index in [0.717, 1.165) is 10.8 Å². The van der Waals surface area contributed by atoms with Gasteiger partial charge in [-0.1, -0.05) is 29.4 Å². The Labute approximate surface area is 139 Å². The highest BCUT2D eigenvalue weighted by Crippen LogP contribution is 2.26. The van der Waals surface area contributed by atoms with E-state index >= 15 is 0 Å². The summed E-state index contributed by atoms with van der Waals surface area (Å²) in [5.74, 6) is -0.463. The summed E-state index contributed by atoms with van der Waals surface area (Å²) in [6, 6.07) is 9.75. The number of hydrogen-bond donors (Lipinski definition) is 0. The number of benzene rings is 1. The molecule has 0 bridgehead atoms. The van der Waals surface area contributed by atoms with Gasteiger partial charge in [-0.05, 0) is 39.1 Å². The number of hydrogen-bond acceptors (Lipinski definition) is 6. The molecule has 0 fully saturated rings. The van der Waals surface area contributed by atoms with Gasteiger partial charge in [0.15, 0.2) is 0 Å². The minimum absolute atomic E-state index is 0.217. The molecule has 0 aliphatic rings. The summed E-state index contributed by atoms with van der Waals surface area (Å²) in [5, 5.41) is 5.94. The zero-order valence-electron chi connectivity index (χ0n) is 14.1. The van der Waals surface area contributed by atoms with E-state index in [1.165, 1.54) is 0 Å². The number of fused-ring (bicyclic) bond motifs is 1. The fourth-order valence-corrected chi connectivity index (χ4v) is 2.30. The molecule has 2 heterocycles. The lowest BCUT2D eigenvalue weighted by Crippen LogP contribution is -2.26. The zero-order chi connectivity index (χ0) is 17.3. The Bertz CT molecular complexity index is 875. The molecular formula is C18H19N3O3. The highest BCUT2D eigenvalue weighted by molar-refractivity contribution is 5.92. The van der Waals surface area contributed by atoms with Gasteiger partial charge in [-0.15, -0.1) is 0 Å². The summed E-state index contributed by atoms with van der Waals surface area (Å²) in [4.78, 5) is 20.8. The van der Waals surface area contributed by atoms with Gasteiger partial charge >= 0.3 is 5.97 Å². The Morgan fingerprint density at radius 3 is 2.71 bits per heavy atom. The molecule has 24 heavy (non-hydrogen) atoms. The van der Waals surface area contributed by atoms with Gasteiger partial charge in [-0.2, -0.15) is 4.98 Å². The average Bonchev–Trinajstić information content (AvgIpc) is 3.01. The van der Waals surface area contributed by atoms with E-state index in [1.807, 2.05) is 51.1 Å². The molecule has 0 amide bonds.